The first-order chi connectivity index (χ1) is 18.6. The van der Waals surface area contributed by atoms with Crippen molar-refractivity contribution in [3.63, 3.8) is 0 Å². The van der Waals surface area contributed by atoms with Gasteiger partial charge in [-0.25, -0.2) is 31.9 Å². The summed E-state index contributed by atoms with van der Waals surface area (Å²) in [5, 5.41) is 19.2. The number of aromatic nitrogens is 3. The van der Waals surface area contributed by atoms with Crippen LogP contribution in [0.1, 0.15) is 95.5 Å². The van der Waals surface area contributed by atoms with Crippen LogP contribution < -0.4 is 10.6 Å². The van der Waals surface area contributed by atoms with Crippen LogP contribution in [0.25, 0.3) is 5.65 Å². The van der Waals surface area contributed by atoms with Crippen molar-refractivity contribution in [3.05, 3.63) is 29.7 Å². The molecule has 2 aromatic heterocycles. The number of nitriles is 1. The number of alkyl halides is 4. The third kappa shape index (κ3) is 7.61. The number of carbonyl (C=O) groups excluding carboxylic acids is 2. The fraction of sp³-hybridized carbons (Fsp3) is 0.667. The van der Waals surface area contributed by atoms with Crippen LogP contribution in [0.5, 0.6) is 0 Å². The zero-order valence-electron chi connectivity index (χ0n) is 22.7. The number of nitrogens with one attached hydrogen (secondary N) is 2. The molecule has 2 N–H and O–H groups in total. The molecule has 4 rings (SSSR count). The van der Waals surface area contributed by atoms with Gasteiger partial charge in [0, 0.05) is 32.1 Å². The number of hydrogen-bond donors (Lipinski definition) is 2. The average Bonchev–Trinajstić information content (AvgIpc) is 3.23. The highest BCUT2D eigenvalue weighted by molar-refractivity contribution is 5.77. The van der Waals surface area contributed by atoms with Crippen LogP contribution in [-0.2, 0) is 9.53 Å². The fourth-order valence-corrected chi connectivity index (χ4v) is 5.30. The van der Waals surface area contributed by atoms with Gasteiger partial charge < -0.3 is 15.4 Å². The molecular weight excluding hydrogens is 532 g/mol. The van der Waals surface area contributed by atoms with Crippen LogP contribution in [0.4, 0.5) is 22.4 Å². The minimum absolute atomic E-state index is 0.0564. The Morgan fingerprint density at radius 2 is 1.85 bits per heavy atom. The summed E-state index contributed by atoms with van der Waals surface area (Å²) in [7, 11) is 0. The first-order valence-electron chi connectivity index (χ1n) is 13.4. The van der Waals surface area contributed by atoms with E-state index in [0.717, 1.165) is 0 Å². The van der Waals surface area contributed by atoms with Gasteiger partial charge in [0.05, 0.1) is 42.7 Å². The van der Waals surface area contributed by atoms with Crippen molar-refractivity contribution in [2.45, 2.75) is 102 Å². The van der Waals surface area contributed by atoms with E-state index in [1.165, 1.54) is 10.7 Å². The molecule has 2 aromatic rings. The van der Waals surface area contributed by atoms with E-state index < -0.39 is 47.4 Å². The summed E-state index contributed by atoms with van der Waals surface area (Å²) < 4.78 is 60.9. The minimum Gasteiger partial charge on any atom is -0.444 e. The first-order valence-corrected chi connectivity index (χ1v) is 13.4. The number of alkyl carbamates (subject to hydrolysis) is 1. The first kappa shape index (κ1) is 29.6. The van der Waals surface area contributed by atoms with Crippen LogP contribution in [0.3, 0.4) is 0 Å². The third-order valence-electron chi connectivity index (χ3n) is 7.27. The summed E-state index contributed by atoms with van der Waals surface area (Å²) in [4.78, 5) is 29.7. The predicted molar refractivity (Wildman–Crippen MR) is 135 cm³/mol. The molecule has 0 aromatic carbocycles. The Labute approximate surface area is 229 Å². The molecule has 0 spiro atoms. The van der Waals surface area contributed by atoms with Gasteiger partial charge in [-0.15, -0.1) is 0 Å². The van der Waals surface area contributed by atoms with Crippen molar-refractivity contribution >= 4 is 17.6 Å². The maximum Gasteiger partial charge on any atom is 0.408 e. The number of rotatable bonds is 8. The minimum atomic E-state index is -2.75. The molecule has 0 radical (unpaired) electrons. The molecule has 218 valence electrons. The van der Waals surface area contributed by atoms with Gasteiger partial charge in [-0.05, 0) is 57.1 Å². The van der Waals surface area contributed by atoms with Gasteiger partial charge in [0.1, 0.15) is 5.60 Å². The number of nitrogens with zero attached hydrogens (tertiary/aromatic N) is 4. The Balaban J connectivity index is 1.54. The molecule has 2 atom stereocenters. The van der Waals surface area contributed by atoms with Gasteiger partial charge in [-0.3, -0.25) is 4.79 Å². The lowest BCUT2D eigenvalue weighted by Gasteiger charge is -2.34. The highest BCUT2D eigenvalue weighted by Gasteiger charge is 2.46. The zero-order chi connectivity index (χ0) is 29.3. The molecule has 9 nitrogen and oxygen atoms in total. The van der Waals surface area contributed by atoms with Crippen LogP contribution in [-0.4, -0.2) is 44.0 Å². The van der Waals surface area contributed by atoms with Crippen molar-refractivity contribution in [3.8, 4) is 6.07 Å². The molecule has 2 saturated carbocycles. The van der Waals surface area contributed by atoms with Gasteiger partial charge in [-0.2, -0.15) is 10.4 Å². The number of ether oxygens (including phenoxy) is 1. The zero-order valence-corrected chi connectivity index (χ0v) is 22.7. The smallest absolute Gasteiger partial charge is 0.408 e. The highest BCUT2D eigenvalue weighted by atomic mass is 19.3. The third-order valence-corrected chi connectivity index (χ3v) is 7.27. The van der Waals surface area contributed by atoms with E-state index in [9.17, 15) is 32.4 Å². The molecule has 13 heteroatoms. The lowest BCUT2D eigenvalue weighted by atomic mass is 9.79. The molecule has 2 aliphatic carbocycles. The van der Waals surface area contributed by atoms with E-state index in [0.29, 0.717) is 16.9 Å². The predicted octanol–water partition coefficient (Wildman–Crippen LogP) is 5.63. The quantitative estimate of drug-likeness (QED) is 0.400. The molecule has 0 saturated heterocycles. The van der Waals surface area contributed by atoms with E-state index in [4.69, 9.17) is 4.74 Å². The monoisotopic (exact) mass is 566 g/mol. The molecule has 2 heterocycles. The second kappa shape index (κ2) is 11.2. The number of hydrogen-bond acceptors (Lipinski definition) is 6. The Bertz CT molecular complexity index is 1270. The topological polar surface area (TPSA) is 121 Å². The summed E-state index contributed by atoms with van der Waals surface area (Å²) in [6, 6.07) is 2.22. The molecular formula is C27H34F4N6O3. The number of halogens is 4. The maximum atomic E-state index is 13.9. The highest BCUT2D eigenvalue weighted by Crippen LogP contribution is 2.44. The van der Waals surface area contributed by atoms with Gasteiger partial charge in [0.15, 0.2) is 5.65 Å². The van der Waals surface area contributed by atoms with Crippen molar-refractivity contribution in [1.82, 2.24) is 25.2 Å². The molecule has 2 amide bonds. The van der Waals surface area contributed by atoms with Gasteiger partial charge in [-0.1, -0.05) is 0 Å². The molecule has 2 fully saturated rings. The van der Waals surface area contributed by atoms with E-state index >= 15 is 0 Å². The summed E-state index contributed by atoms with van der Waals surface area (Å²) in [5.74, 6) is -6.61. The van der Waals surface area contributed by atoms with Gasteiger partial charge in [0.2, 0.25) is 17.8 Å². The Hall–Kier alpha value is -3.43. The van der Waals surface area contributed by atoms with Crippen LogP contribution in [0, 0.1) is 23.2 Å². The van der Waals surface area contributed by atoms with E-state index in [-0.39, 0.29) is 57.3 Å². The van der Waals surface area contributed by atoms with Crippen molar-refractivity contribution in [2.75, 3.05) is 0 Å². The van der Waals surface area contributed by atoms with E-state index in [1.54, 1.807) is 33.0 Å². The van der Waals surface area contributed by atoms with Crippen molar-refractivity contribution < 1.29 is 31.9 Å². The second-order valence-corrected chi connectivity index (χ2v) is 11.9. The maximum absolute atomic E-state index is 13.9. The van der Waals surface area contributed by atoms with Crippen molar-refractivity contribution in [2.24, 2.45) is 11.8 Å². The second-order valence-electron chi connectivity index (χ2n) is 11.9. The Kier molecular flexibility index (Phi) is 8.28. The molecule has 0 aliphatic heterocycles. The standard InChI is InChI=1S/C27H34F4N6O3/c1-25(2,3)40-24(39)36-23(17-4-7-26(28,29)8-5-17)20-15-37-21(34-20)11-18(14-33-37)19(6-9-32)35-22(38)10-16-12-27(30,31)13-16/h11,14-17,19,23H,4-8,10,12-13H2,1-3H3,(H,35,38)(H,36,39)/t19-,23+/m1/s1. The van der Waals surface area contributed by atoms with E-state index in [2.05, 4.69) is 20.7 Å². The van der Waals surface area contributed by atoms with E-state index in [1.807, 2.05) is 6.07 Å². The lowest BCUT2D eigenvalue weighted by molar-refractivity contribution is -0.134. The SMILES string of the molecule is CC(C)(C)OC(=O)N[C@H](c1cn2ncc([C@@H](CC#N)NC(=O)CC3CC(F)(F)C3)cc2n1)C1CCC(F)(F)CC1. The normalized spacial score (nSPS) is 20.6. The summed E-state index contributed by atoms with van der Waals surface area (Å²) in [6.07, 6.45) is 1.36. The Morgan fingerprint density at radius 3 is 2.45 bits per heavy atom. The molecule has 0 bridgehead atoms. The molecule has 0 unspecified atom stereocenters. The van der Waals surface area contributed by atoms with Crippen LogP contribution in [0.15, 0.2) is 18.5 Å². The summed E-state index contributed by atoms with van der Waals surface area (Å²) in [6.45, 7) is 5.16. The number of fused-ring (bicyclic) bond motifs is 1. The van der Waals surface area contributed by atoms with Gasteiger partial charge in [0.25, 0.3) is 0 Å². The number of imidazole rings is 1. The van der Waals surface area contributed by atoms with Crippen molar-refractivity contribution in [1.29, 1.82) is 5.26 Å². The van der Waals surface area contributed by atoms with Crippen LogP contribution in [0.2, 0.25) is 0 Å². The number of carbonyl (C=O) groups is 2. The summed E-state index contributed by atoms with van der Waals surface area (Å²) >= 11 is 0. The van der Waals surface area contributed by atoms with Crippen LogP contribution >= 0.6 is 0 Å². The number of amides is 2. The average molecular weight is 567 g/mol. The van der Waals surface area contributed by atoms with Gasteiger partial charge >= 0.3 is 6.09 Å². The Morgan fingerprint density at radius 1 is 1.18 bits per heavy atom. The molecule has 40 heavy (non-hydrogen) atoms. The largest absolute Gasteiger partial charge is 0.444 e. The fourth-order valence-electron chi connectivity index (χ4n) is 5.30. The summed E-state index contributed by atoms with van der Waals surface area (Å²) in [5.41, 5.74) is 0.508. The lowest BCUT2D eigenvalue weighted by Crippen LogP contribution is -2.40. The molecule has 2 aliphatic rings.